The van der Waals surface area contributed by atoms with E-state index in [1.54, 1.807) is 0 Å². The van der Waals surface area contributed by atoms with E-state index in [9.17, 15) is 0 Å². The molecule has 0 aliphatic heterocycles. The van der Waals surface area contributed by atoms with Crippen LogP contribution in [0.25, 0.3) is 270 Å². The molecule has 9 aromatic heterocycles. The van der Waals surface area contributed by atoms with Crippen LogP contribution in [0, 0.1) is 0 Å². The van der Waals surface area contributed by atoms with Crippen molar-refractivity contribution in [2.75, 3.05) is 0 Å². The highest BCUT2D eigenvalue weighted by Crippen LogP contribution is 2.48. The zero-order chi connectivity index (χ0) is 96.4. The van der Waals surface area contributed by atoms with E-state index in [4.69, 9.17) is 0 Å². The van der Waals surface area contributed by atoms with E-state index in [0.29, 0.717) is 0 Å². The monoisotopic (exact) mass is 1870 g/mol. The Bertz CT molecular complexity index is 10900. The van der Waals surface area contributed by atoms with Crippen LogP contribution in [0.1, 0.15) is 0 Å². The summed E-state index contributed by atoms with van der Waals surface area (Å²) >= 11 is 0. The zero-order valence-corrected chi connectivity index (χ0v) is 79.9. The van der Waals surface area contributed by atoms with E-state index in [-0.39, 0.29) is 0 Å². The fourth-order valence-electron chi connectivity index (χ4n) is 24.3. The molecule has 9 heterocycles. The van der Waals surface area contributed by atoms with Crippen molar-refractivity contribution in [3.05, 3.63) is 540 Å². The Morgan fingerprint density at radius 3 is 0.490 bits per heavy atom. The second-order valence-electron chi connectivity index (χ2n) is 38.6. The predicted molar refractivity (Wildman–Crippen MR) is 619 cm³/mol. The highest BCUT2D eigenvalue weighted by Gasteiger charge is 2.27. The van der Waals surface area contributed by atoms with Gasteiger partial charge in [0.25, 0.3) is 0 Å². The highest BCUT2D eigenvalue weighted by molar-refractivity contribution is 6.24. The summed E-state index contributed by atoms with van der Waals surface area (Å²) in [5.74, 6) is 0. The molecule has 147 heavy (non-hydrogen) atoms. The van der Waals surface area contributed by atoms with Crippen molar-refractivity contribution in [1.29, 1.82) is 0 Å². The first-order valence-electron chi connectivity index (χ1n) is 50.5. The van der Waals surface area contributed by atoms with Gasteiger partial charge in [-0.05, 0) is 241 Å². The summed E-state index contributed by atoms with van der Waals surface area (Å²) in [6, 6.07) is 196. The average Bonchev–Trinajstić information content (AvgIpc) is 1.56. The van der Waals surface area contributed by atoms with Gasteiger partial charge in [0.2, 0.25) is 0 Å². The van der Waals surface area contributed by atoms with Crippen molar-refractivity contribution in [2.24, 2.45) is 0 Å². The number of fused-ring (bicyclic) bond motifs is 27. The van der Waals surface area contributed by atoms with Crippen molar-refractivity contribution in [3.63, 3.8) is 0 Å². The average molecular weight is 1870 g/mol. The molecule has 0 fully saturated rings. The number of benzene rings is 23. The molecule has 0 saturated heterocycles. The Labute approximate surface area is 844 Å². The summed E-state index contributed by atoms with van der Waals surface area (Å²) in [5.41, 5.74) is 37.0. The maximum absolute atomic E-state index is 2.46. The summed E-state index contributed by atoms with van der Waals surface area (Å²) in [7, 11) is 0. The fourth-order valence-corrected chi connectivity index (χ4v) is 24.3. The van der Waals surface area contributed by atoms with Gasteiger partial charge in [0.1, 0.15) is 0 Å². The van der Waals surface area contributed by atoms with E-state index in [1.807, 2.05) is 0 Å². The molecule has 0 unspecified atom stereocenters. The first-order chi connectivity index (χ1) is 73.0. The second-order valence-corrected chi connectivity index (χ2v) is 38.6. The van der Waals surface area contributed by atoms with Crippen LogP contribution >= 0.6 is 0 Å². The molecule has 23 aromatic carbocycles. The third-order valence-electron chi connectivity index (χ3n) is 30.6. The molecule has 0 spiro atoms. The van der Waals surface area contributed by atoms with Crippen LogP contribution in [0.2, 0.25) is 0 Å². The molecule has 0 saturated carbocycles. The predicted octanol–water partition coefficient (Wildman–Crippen LogP) is 36.3. The summed E-state index contributed by atoms with van der Waals surface area (Å²) in [6.45, 7) is 0. The number of hydrogen-bond acceptors (Lipinski definition) is 0. The first-order valence-corrected chi connectivity index (χ1v) is 50.5. The highest BCUT2D eigenvalue weighted by atomic mass is 15.1. The van der Waals surface area contributed by atoms with Crippen molar-refractivity contribution in [1.82, 2.24) is 41.1 Å². The lowest BCUT2D eigenvalue weighted by molar-refractivity contribution is 1.16. The minimum atomic E-state index is 1.15. The quantitative estimate of drug-likeness (QED) is 0.124. The second kappa shape index (κ2) is 33.5. The van der Waals surface area contributed by atoms with Gasteiger partial charge in [0, 0.05) is 148 Å². The van der Waals surface area contributed by atoms with Crippen LogP contribution in [0.15, 0.2) is 540 Å². The topological polar surface area (TPSA) is 44.4 Å². The lowest BCUT2D eigenvalue weighted by atomic mass is 10.1. The molecule has 9 heteroatoms. The molecule has 0 atom stereocenters. The van der Waals surface area contributed by atoms with Crippen LogP contribution in [0.5, 0.6) is 0 Å². The van der Waals surface area contributed by atoms with Gasteiger partial charge in [-0.3, -0.25) is 0 Å². The third-order valence-corrected chi connectivity index (χ3v) is 30.6. The summed E-state index contributed by atoms with van der Waals surface area (Å²) in [6.07, 6.45) is 0. The minimum absolute atomic E-state index is 1.15. The molecule has 0 aliphatic carbocycles. The standard InChI is InChI=1S/2C48H31N3.C42H27N3/c1-3-14-32(15-4-1)33-16-13-19-35(28-33)50-44-24-11-7-20-37(44)40-29-36(26-27-46(40)50)51-45-25-12-9-22-39(45)42-30-41-38-21-8-10-23-43(38)49(47(41)31-48(42)51)34-17-5-2-6-18-34;1-3-13-32(14-4-1)33-23-25-35(26-24-33)50-44-21-11-8-18-38(44)41-30-42-39-19-9-12-22-45(39)51(48(42)31-47(41)50)36-27-28-46-40(29-36)37-17-7-10-20-43(37)49(46)34-15-5-2-6-16-34;1-3-13-28(14-4-1)43-37-20-10-7-17-31(37)34-25-30(23-24-40(34)43)45-39-22-12-9-19-33(39)36-26-35-32-18-8-11-21-38(32)44(41(35)27-42(36)45)29-15-5-2-6-16-29/h2*1-31H;1-27H. The van der Waals surface area contributed by atoms with Gasteiger partial charge >= 0.3 is 0 Å². The lowest BCUT2D eigenvalue weighted by Gasteiger charge is -2.12. The van der Waals surface area contributed by atoms with Gasteiger partial charge in [0.15, 0.2) is 0 Å². The summed E-state index contributed by atoms with van der Waals surface area (Å²) in [4.78, 5) is 0. The minimum Gasteiger partial charge on any atom is -0.309 e. The Kier molecular flexibility index (Phi) is 18.9. The molecule has 9 nitrogen and oxygen atoms in total. The van der Waals surface area contributed by atoms with Crippen molar-refractivity contribution in [2.45, 2.75) is 0 Å². The van der Waals surface area contributed by atoms with Crippen LogP contribution in [0.3, 0.4) is 0 Å². The number of para-hydroxylation sites is 13. The summed E-state index contributed by atoms with van der Waals surface area (Å²) in [5, 5.41) is 22.6. The maximum Gasteiger partial charge on any atom is 0.0562 e. The van der Waals surface area contributed by atoms with E-state index >= 15 is 0 Å². The number of hydrogen-bond donors (Lipinski definition) is 0. The molecule has 32 rings (SSSR count). The van der Waals surface area contributed by atoms with Gasteiger partial charge < -0.3 is 41.1 Å². The van der Waals surface area contributed by atoms with Crippen LogP contribution in [-0.4, -0.2) is 41.1 Å². The van der Waals surface area contributed by atoms with Crippen molar-refractivity contribution >= 4 is 196 Å². The fraction of sp³-hybridized carbons (Fsp3) is 0. The van der Waals surface area contributed by atoms with E-state index in [1.165, 1.54) is 236 Å². The normalized spacial score (nSPS) is 11.9. The van der Waals surface area contributed by atoms with Crippen molar-refractivity contribution in [3.8, 4) is 73.4 Å². The van der Waals surface area contributed by atoms with Gasteiger partial charge in [0.05, 0.1) is 99.3 Å². The number of rotatable bonds is 11. The first kappa shape index (κ1) is 83.1. The van der Waals surface area contributed by atoms with Crippen LogP contribution < -0.4 is 0 Å². The number of aromatic nitrogens is 9. The molecular weight excluding hydrogens is 1780 g/mol. The van der Waals surface area contributed by atoms with Gasteiger partial charge in [-0.15, -0.1) is 0 Å². The molecule has 0 amide bonds. The van der Waals surface area contributed by atoms with Crippen LogP contribution in [-0.2, 0) is 0 Å². The third kappa shape index (κ3) is 13.1. The Morgan fingerprint density at radius 2 is 0.231 bits per heavy atom. The van der Waals surface area contributed by atoms with Gasteiger partial charge in [-0.2, -0.15) is 0 Å². The largest absolute Gasteiger partial charge is 0.309 e. The van der Waals surface area contributed by atoms with E-state index in [0.717, 1.165) is 34.1 Å². The molecule has 0 bridgehead atoms. The van der Waals surface area contributed by atoms with Crippen molar-refractivity contribution < 1.29 is 0 Å². The van der Waals surface area contributed by atoms with Gasteiger partial charge in [-0.25, -0.2) is 0 Å². The Balaban J connectivity index is 0.000000102. The maximum atomic E-state index is 2.46. The van der Waals surface area contributed by atoms with E-state index < -0.39 is 0 Å². The Morgan fingerprint density at radius 1 is 0.0748 bits per heavy atom. The number of nitrogens with zero attached hydrogens (tertiary/aromatic N) is 9. The van der Waals surface area contributed by atoms with E-state index in [2.05, 4.69) is 581 Å². The smallest absolute Gasteiger partial charge is 0.0562 e. The SMILES string of the molecule is c1ccc(-c2ccc(-n3c4ccccc4c4cc5c6ccccc6n(-c6ccc7c(c6)c6ccccc6n7-c6ccccc6)c5cc43)cc2)cc1.c1ccc(-c2cccc(-n3c4ccccc4c4cc(-n5c6ccccc6c6cc7c8ccccc8n(-c8ccccc8)c7cc65)ccc43)c2)cc1.c1ccc(-n2c3ccccc3c3cc(-n4c5ccccc5c5cc6c7ccccc7n(-c7ccccc7)c6cc54)ccc32)cc1. The van der Waals surface area contributed by atoms with Crippen LogP contribution in [0.4, 0.5) is 0 Å². The summed E-state index contributed by atoms with van der Waals surface area (Å²) < 4.78 is 21.8. The molecule has 0 radical (unpaired) electrons. The lowest BCUT2D eigenvalue weighted by Crippen LogP contribution is -1.97. The molecule has 0 aliphatic rings. The molecular formula is C138H89N9. The Hall–Kier alpha value is -19.7. The molecule has 0 N–H and O–H groups in total. The van der Waals surface area contributed by atoms with Gasteiger partial charge in [-0.1, -0.05) is 322 Å². The zero-order valence-electron chi connectivity index (χ0n) is 79.9. The molecule has 32 aromatic rings. The molecule has 686 valence electrons.